The van der Waals surface area contributed by atoms with Crippen molar-refractivity contribution in [1.82, 2.24) is 4.90 Å². The maximum absolute atomic E-state index is 12.0. The summed E-state index contributed by atoms with van der Waals surface area (Å²) in [7, 11) is 1.52. The van der Waals surface area contributed by atoms with E-state index >= 15 is 0 Å². The molecule has 0 bridgehead atoms. The monoisotopic (exact) mass is 293 g/mol. The fourth-order valence-electron chi connectivity index (χ4n) is 1.50. The van der Waals surface area contributed by atoms with Crippen LogP contribution in [-0.4, -0.2) is 35.7 Å². The highest BCUT2D eigenvalue weighted by molar-refractivity contribution is 5.81. The first-order valence-electron chi connectivity index (χ1n) is 6.87. The fraction of sp³-hybridized carbons (Fsp3) is 0.500. The number of nitrogens with zero attached hydrogens (tertiary/aromatic N) is 1. The average molecular weight is 293 g/mol. The molecular weight excluding hydrogens is 270 g/mol. The Hall–Kier alpha value is -2.04. The highest BCUT2D eigenvalue weighted by Crippen LogP contribution is 2.11. The van der Waals surface area contributed by atoms with Gasteiger partial charge in [-0.05, 0) is 33.3 Å². The van der Waals surface area contributed by atoms with Crippen LogP contribution in [0.15, 0.2) is 30.3 Å². The van der Waals surface area contributed by atoms with Gasteiger partial charge in [0.05, 0.1) is 0 Å². The molecule has 1 rings (SSSR count). The molecule has 0 heterocycles. The largest absolute Gasteiger partial charge is 0.459 e. The van der Waals surface area contributed by atoms with Crippen molar-refractivity contribution in [3.63, 3.8) is 0 Å². The van der Waals surface area contributed by atoms with Crippen LogP contribution in [0, 0.1) is 0 Å². The van der Waals surface area contributed by atoms with Crippen molar-refractivity contribution in [3.8, 4) is 0 Å². The van der Waals surface area contributed by atoms with E-state index < -0.39 is 23.7 Å². The van der Waals surface area contributed by atoms with E-state index in [-0.39, 0.29) is 6.61 Å². The van der Waals surface area contributed by atoms with Gasteiger partial charge in [-0.2, -0.15) is 0 Å². The number of amides is 1. The van der Waals surface area contributed by atoms with E-state index in [1.807, 2.05) is 30.3 Å². The first kappa shape index (κ1) is 17.0. The van der Waals surface area contributed by atoms with E-state index in [4.69, 9.17) is 9.47 Å². The van der Waals surface area contributed by atoms with Crippen LogP contribution in [0.4, 0.5) is 4.79 Å². The molecule has 0 radical (unpaired) electrons. The van der Waals surface area contributed by atoms with Gasteiger partial charge in [0, 0.05) is 7.05 Å². The zero-order chi connectivity index (χ0) is 16.0. The Balaban J connectivity index is 2.51. The van der Waals surface area contributed by atoms with Crippen LogP contribution in [0.5, 0.6) is 0 Å². The standard InChI is InChI=1S/C16H23NO4/c1-12(17(5)15(19)21-16(2,3)4)14(18)20-11-13-9-7-6-8-10-13/h6-10,12H,11H2,1-5H3. The van der Waals surface area contributed by atoms with Gasteiger partial charge < -0.3 is 9.47 Å². The number of ether oxygens (including phenoxy) is 2. The summed E-state index contributed by atoms with van der Waals surface area (Å²) in [6.45, 7) is 7.12. The lowest BCUT2D eigenvalue weighted by Gasteiger charge is -2.27. The molecular formula is C16H23NO4. The number of esters is 1. The van der Waals surface area contributed by atoms with Crippen molar-refractivity contribution in [3.05, 3.63) is 35.9 Å². The molecule has 0 spiro atoms. The molecule has 1 aromatic rings. The molecule has 1 amide bonds. The quantitative estimate of drug-likeness (QED) is 0.801. The smallest absolute Gasteiger partial charge is 0.410 e. The van der Waals surface area contributed by atoms with Crippen molar-refractivity contribution in [1.29, 1.82) is 0 Å². The summed E-state index contributed by atoms with van der Waals surface area (Å²) < 4.78 is 10.4. The van der Waals surface area contributed by atoms with Gasteiger partial charge in [-0.25, -0.2) is 9.59 Å². The third-order valence-corrected chi connectivity index (χ3v) is 2.83. The molecule has 1 unspecified atom stereocenters. The number of carbonyl (C=O) groups is 2. The van der Waals surface area contributed by atoms with Crippen molar-refractivity contribution in [2.45, 2.75) is 45.9 Å². The predicted octanol–water partition coefficient (Wildman–Crippen LogP) is 2.99. The predicted molar refractivity (Wildman–Crippen MR) is 79.7 cm³/mol. The number of likely N-dealkylation sites (N-methyl/N-ethyl adjacent to an activating group) is 1. The molecule has 5 heteroatoms. The SMILES string of the molecule is CC(C(=O)OCc1ccccc1)N(C)C(=O)OC(C)(C)C. The van der Waals surface area contributed by atoms with Crippen molar-refractivity contribution < 1.29 is 19.1 Å². The zero-order valence-corrected chi connectivity index (χ0v) is 13.3. The second-order valence-electron chi connectivity index (χ2n) is 5.86. The molecule has 0 saturated carbocycles. The van der Waals surface area contributed by atoms with Gasteiger partial charge in [-0.3, -0.25) is 4.90 Å². The number of hydrogen-bond acceptors (Lipinski definition) is 4. The topological polar surface area (TPSA) is 55.8 Å². The minimum atomic E-state index is -0.705. The molecule has 0 aromatic heterocycles. The average Bonchev–Trinajstić information content (AvgIpc) is 2.42. The summed E-state index contributed by atoms with van der Waals surface area (Å²) in [6, 6.07) is 8.68. The zero-order valence-electron chi connectivity index (χ0n) is 13.3. The van der Waals surface area contributed by atoms with Crippen molar-refractivity contribution in [2.75, 3.05) is 7.05 Å². The Bertz CT molecular complexity index is 479. The minimum absolute atomic E-state index is 0.187. The summed E-state index contributed by atoms with van der Waals surface area (Å²) in [5.74, 6) is -0.466. The lowest BCUT2D eigenvalue weighted by atomic mass is 10.2. The fourth-order valence-corrected chi connectivity index (χ4v) is 1.50. The van der Waals surface area contributed by atoms with Crippen molar-refractivity contribution in [2.24, 2.45) is 0 Å². The molecule has 5 nitrogen and oxygen atoms in total. The summed E-state index contributed by atoms with van der Waals surface area (Å²) >= 11 is 0. The molecule has 0 aliphatic heterocycles. The van der Waals surface area contributed by atoms with Crippen LogP contribution in [0.25, 0.3) is 0 Å². The highest BCUT2D eigenvalue weighted by atomic mass is 16.6. The second kappa shape index (κ2) is 7.11. The number of carbonyl (C=O) groups excluding carboxylic acids is 2. The van der Waals surface area contributed by atoms with E-state index in [1.165, 1.54) is 11.9 Å². The van der Waals surface area contributed by atoms with E-state index in [0.717, 1.165) is 5.56 Å². The van der Waals surface area contributed by atoms with Crippen LogP contribution in [-0.2, 0) is 20.9 Å². The summed E-state index contributed by atoms with van der Waals surface area (Å²) in [5, 5.41) is 0. The van der Waals surface area contributed by atoms with Crippen LogP contribution in [0.2, 0.25) is 0 Å². The molecule has 0 aliphatic rings. The van der Waals surface area contributed by atoms with Crippen LogP contribution >= 0.6 is 0 Å². The normalized spacial score (nSPS) is 12.4. The third kappa shape index (κ3) is 5.85. The number of benzene rings is 1. The van der Waals surface area contributed by atoms with Crippen LogP contribution in [0.3, 0.4) is 0 Å². The molecule has 116 valence electrons. The van der Waals surface area contributed by atoms with Gasteiger partial charge in [0.2, 0.25) is 0 Å². The van der Waals surface area contributed by atoms with Gasteiger partial charge in [0.1, 0.15) is 18.2 Å². The molecule has 21 heavy (non-hydrogen) atoms. The van der Waals surface area contributed by atoms with E-state index in [9.17, 15) is 9.59 Å². The van der Waals surface area contributed by atoms with Gasteiger partial charge >= 0.3 is 12.1 Å². The molecule has 0 aliphatic carbocycles. The van der Waals surface area contributed by atoms with E-state index in [0.29, 0.717) is 0 Å². The van der Waals surface area contributed by atoms with Gasteiger partial charge in [0.25, 0.3) is 0 Å². The third-order valence-electron chi connectivity index (χ3n) is 2.83. The highest BCUT2D eigenvalue weighted by Gasteiger charge is 2.27. The van der Waals surface area contributed by atoms with Gasteiger partial charge in [-0.1, -0.05) is 30.3 Å². The molecule has 0 N–H and O–H groups in total. The van der Waals surface area contributed by atoms with Crippen LogP contribution < -0.4 is 0 Å². The minimum Gasteiger partial charge on any atom is -0.459 e. The lowest BCUT2D eigenvalue weighted by molar-refractivity contribution is -0.150. The van der Waals surface area contributed by atoms with Crippen LogP contribution in [0.1, 0.15) is 33.3 Å². The Morgan fingerprint density at radius 3 is 2.29 bits per heavy atom. The molecule has 0 fully saturated rings. The first-order chi connectivity index (χ1) is 9.70. The Kier molecular flexibility index (Phi) is 5.76. The van der Waals surface area contributed by atoms with Gasteiger partial charge in [0.15, 0.2) is 0 Å². The maximum atomic E-state index is 12.0. The summed E-state index contributed by atoms with van der Waals surface area (Å²) in [6.07, 6.45) is -0.549. The van der Waals surface area contributed by atoms with E-state index in [1.54, 1.807) is 27.7 Å². The number of hydrogen-bond donors (Lipinski definition) is 0. The lowest BCUT2D eigenvalue weighted by Crippen LogP contribution is -2.43. The molecule has 1 atom stereocenters. The van der Waals surface area contributed by atoms with Gasteiger partial charge in [-0.15, -0.1) is 0 Å². The molecule has 0 saturated heterocycles. The Morgan fingerprint density at radius 2 is 1.76 bits per heavy atom. The van der Waals surface area contributed by atoms with Crippen molar-refractivity contribution >= 4 is 12.1 Å². The number of rotatable bonds is 4. The second-order valence-corrected chi connectivity index (χ2v) is 5.86. The Labute approximate surface area is 125 Å². The maximum Gasteiger partial charge on any atom is 0.410 e. The molecule has 1 aromatic carbocycles. The summed E-state index contributed by atoms with van der Waals surface area (Å²) in [4.78, 5) is 25.1. The summed E-state index contributed by atoms with van der Waals surface area (Å²) in [5.41, 5.74) is 0.303. The van der Waals surface area contributed by atoms with E-state index in [2.05, 4.69) is 0 Å². The Morgan fingerprint density at radius 1 is 1.19 bits per heavy atom. The first-order valence-corrected chi connectivity index (χ1v) is 6.87.